The van der Waals surface area contributed by atoms with Crippen LogP contribution in [-0.2, 0) is 11.2 Å². The van der Waals surface area contributed by atoms with Crippen molar-refractivity contribution in [3.63, 3.8) is 0 Å². The molecular weight excluding hydrogens is 624 g/mol. The van der Waals surface area contributed by atoms with Crippen LogP contribution in [0.3, 0.4) is 0 Å². The van der Waals surface area contributed by atoms with Crippen molar-refractivity contribution >= 4 is 53.7 Å². The normalized spacial score (nSPS) is 8.50. The summed E-state index contributed by atoms with van der Waals surface area (Å²) in [6.07, 6.45) is 6.37. The first-order valence-corrected chi connectivity index (χ1v) is 18.8. The van der Waals surface area contributed by atoms with E-state index in [1.807, 2.05) is 12.2 Å². The molecular formula is C8H14I2PtSe. The Labute approximate surface area is 112 Å². The second-order valence-electron chi connectivity index (χ2n) is 1.81. The number of rotatable bonds is 6. The fourth-order valence-corrected chi connectivity index (χ4v) is 2.26. The van der Waals surface area contributed by atoms with E-state index in [9.17, 15) is 0 Å². The van der Waals surface area contributed by atoms with E-state index in [0.717, 1.165) is 15.0 Å². The third kappa shape index (κ3) is 22.7. The first-order valence-electron chi connectivity index (χ1n) is 3.45. The molecule has 0 aliphatic heterocycles. The maximum atomic E-state index is 3.67. The number of hydrogen-bond donors (Lipinski definition) is 0. The van der Waals surface area contributed by atoms with E-state index in [2.05, 4.69) is 51.9 Å². The van der Waals surface area contributed by atoms with Crippen molar-refractivity contribution in [1.82, 2.24) is 0 Å². The Kier molecular flexibility index (Phi) is 26.0. The quantitative estimate of drug-likeness (QED) is 0.175. The molecule has 0 nitrogen and oxygen atoms in total. The molecule has 0 aliphatic carbocycles. The van der Waals surface area contributed by atoms with Gasteiger partial charge in [-0.25, -0.2) is 0 Å². The first-order chi connectivity index (χ1) is 5.83. The minimum absolute atomic E-state index is 0.523. The van der Waals surface area contributed by atoms with E-state index in [1.165, 1.54) is 23.5 Å². The summed E-state index contributed by atoms with van der Waals surface area (Å²) in [4.78, 5) is 0. The second kappa shape index (κ2) is 18.8. The van der Waals surface area contributed by atoms with Crippen LogP contribution in [0.15, 0.2) is 25.3 Å². The van der Waals surface area contributed by atoms with Crippen LogP contribution in [0.4, 0.5) is 0 Å². The predicted molar refractivity (Wildman–Crippen MR) is 73.0 cm³/mol. The summed E-state index contributed by atoms with van der Waals surface area (Å²) in [7, 11) is 0. The molecule has 0 aliphatic rings. The average Bonchev–Trinajstić information content (AvgIpc) is 2.06. The molecule has 0 unspecified atom stereocenters. The zero-order chi connectivity index (χ0) is 9.66. The van der Waals surface area contributed by atoms with Gasteiger partial charge < -0.3 is 0 Å². The van der Waals surface area contributed by atoms with Crippen molar-refractivity contribution in [2.75, 3.05) is 0 Å². The predicted octanol–water partition coefficient (Wildman–Crippen LogP) is 4.45. The Morgan fingerprint density at radius 2 is 1.42 bits per heavy atom. The zero-order valence-corrected chi connectivity index (χ0v) is 15.2. The number of hydrogen-bond acceptors (Lipinski definition) is 0. The van der Waals surface area contributed by atoms with E-state index in [0.29, 0.717) is 11.2 Å². The van der Waals surface area contributed by atoms with Crippen LogP contribution >= 0.6 is 38.7 Å². The standard InChI is InChI=1S/C8H14Se.2HI.Pt/c1-3-5-7-9-8-6-4-2;;;/h3-4H,1-2,5-8H2;2*1H;/q;;;+2/p-2. The molecule has 0 spiro atoms. The zero-order valence-electron chi connectivity index (χ0n) is 6.88. The van der Waals surface area contributed by atoms with Gasteiger partial charge in [0.15, 0.2) is 0 Å². The molecule has 4 heteroatoms. The summed E-state index contributed by atoms with van der Waals surface area (Å²) in [5.41, 5.74) is 0. The molecule has 0 saturated heterocycles. The van der Waals surface area contributed by atoms with Gasteiger partial charge in [-0.15, -0.1) is 0 Å². The molecule has 0 rings (SSSR count). The van der Waals surface area contributed by atoms with Gasteiger partial charge in [-0.3, -0.25) is 0 Å². The van der Waals surface area contributed by atoms with Crippen molar-refractivity contribution in [1.29, 1.82) is 0 Å². The summed E-state index contributed by atoms with van der Waals surface area (Å²) >= 11 is 6.13. The first kappa shape index (κ1) is 16.6. The monoisotopic (exact) mass is 639 g/mol. The Morgan fingerprint density at radius 3 is 1.67 bits per heavy atom. The molecule has 12 heavy (non-hydrogen) atoms. The Balaban J connectivity index is 0. The number of allylic oxidation sites excluding steroid dienone is 2. The molecule has 0 amide bonds. The Bertz CT molecular complexity index is 89.1. The van der Waals surface area contributed by atoms with Gasteiger partial charge in [0.25, 0.3) is 0 Å². The number of halogens is 2. The SMILES string of the molecule is C=CCC[Se]CCC=C.[I][Pt][I]. The van der Waals surface area contributed by atoms with E-state index in [4.69, 9.17) is 0 Å². The molecule has 0 fully saturated rings. The fourth-order valence-electron chi connectivity index (χ4n) is 0.435. The van der Waals surface area contributed by atoms with Gasteiger partial charge in [0.1, 0.15) is 0 Å². The molecule has 0 bridgehead atoms. The Hall–Kier alpha value is 2.15. The summed E-state index contributed by atoms with van der Waals surface area (Å²) in [6.45, 7) is 7.34. The van der Waals surface area contributed by atoms with E-state index in [1.54, 1.807) is 0 Å². The molecule has 0 atom stereocenters. The van der Waals surface area contributed by atoms with Crippen LogP contribution < -0.4 is 0 Å². The third-order valence-corrected chi connectivity index (χ3v) is 3.13. The summed E-state index contributed by atoms with van der Waals surface area (Å²) in [5, 5.41) is 2.70. The van der Waals surface area contributed by atoms with Gasteiger partial charge in [0.05, 0.1) is 0 Å². The van der Waals surface area contributed by atoms with Gasteiger partial charge in [0.2, 0.25) is 0 Å². The maximum absolute atomic E-state index is 3.67. The molecule has 0 aromatic rings. The second-order valence-corrected chi connectivity index (χ2v) is 21.0. The molecule has 0 heterocycles. The van der Waals surface area contributed by atoms with Crippen molar-refractivity contribution in [3.8, 4) is 0 Å². The van der Waals surface area contributed by atoms with Crippen molar-refractivity contribution in [2.45, 2.75) is 23.5 Å². The molecule has 0 radical (unpaired) electrons. The van der Waals surface area contributed by atoms with Crippen LogP contribution in [0.25, 0.3) is 0 Å². The minimum atomic E-state index is 0.523. The van der Waals surface area contributed by atoms with Gasteiger partial charge in [0, 0.05) is 0 Å². The van der Waals surface area contributed by atoms with Crippen LogP contribution in [-0.4, -0.2) is 15.0 Å². The molecule has 0 saturated carbocycles. The van der Waals surface area contributed by atoms with Crippen molar-refractivity contribution in [2.24, 2.45) is 0 Å². The van der Waals surface area contributed by atoms with E-state index >= 15 is 0 Å². The van der Waals surface area contributed by atoms with Crippen LogP contribution in [0.2, 0.25) is 10.6 Å². The van der Waals surface area contributed by atoms with E-state index in [-0.39, 0.29) is 0 Å². The van der Waals surface area contributed by atoms with Gasteiger partial charge in [-0.2, -0.15) is 0 Å². The van der Waals surface area contributed by atoms with Crippen LogP contribution in [0.5, 0.6) is 0 Å². The molecule has 0 aromatic heterocycles. The van der Waals surface area contributed by atoms with Gasteiger partial charge in [-0.1, -0.05) is 0 Å². The molecule has 0 N–H and O–H groups in total. The average molecular weight is 638 g/mol. The molecule has 76 valence electrons. The summed E-state index contributed by atoms with van der Waals surface area (Å²) in [6, 6.07) is 0. The topological polar surface area (TPSA) is 0 Å². The third-order valence-electron chi connectivity index (χ3n) is 0.933. The summed E-state index contributed by atoms with van der Waals surface area (Å²) < 4.78 is 0. The summed E-state index contributed by atoms with van der Waals surface area (Å²) in [5.74, 6) is 0. The van der Waals surface area contributed by atoms with Crippen molar-refractivity contribution in [3.05, 3.63) is 25.3 Å². The fraction of sp³-hybridized carbons (Fsp3) is 0.500. The van der Waals surface area contributed by atoms with Crippen molar-refractivity contribution < 1.29 is 11.2 Å². The molecule has 0 aromatic carbocycles. The van der Waals surface area contributed by atoms with Gasteiger partial charge in [-0.05, 0) is 0 Å². The van der Waals surface area contributed by atoms with Crippen LogP contribution in [0, 0.1) is 0 Å². The van der Waals surface area contributed by atoms with E-state index < -0.39 is 0 Å². The van der Waals surface area contributed by atoms with Gasteiger partial charge >= 0.3 is 114 Å². The Morgan fingerprint density at radius 1 is 1.08 bits per heavy atom. The van der Waals surface area contributed by atoms with Crippen LogP contribution in [0.1, 0.15) is 12.8 Å².